The van der Waals surface area contributed by atoms with E-state index in [-0.39, 0.29) is 22.5 Å². The van der Waals surface area contributed by atoms with Gasteiger partial charge in [0.1, 0.15) is 0 Å². The largest absolute Gasteiger partial charge is 0.451 e. The van der Waals surface area contributed by atoms with Crippen LogP contribution in [0.25, 0.3) is 0 Å². The lowest BCUT2D eigenvalue weighted by Gasteiger charge is -2.13. The standard InChI is InChI=1S/C20H14ClNO5/c21-12-5-7-13(8-6-12)22-18(24)14-9-4-11(10-15(14)19(22)25)20(26)27-17-3-1-2-16(17)23/h4-10,17H,1-3H2/t17-/m0/s1. The van der Waals surface area contributed by atoms with E-state index >= 15 is 0 Å². The lowest BCUT2D eigenvalue weighted by atomic mass is 10.1. The Balaban J connectivity index is 1.61. The van der Waals surface area contributed by atoms with Crippen molar-refractivity contribution in [3.05, 3.63) is 64.2 Å². The lowest BCUT2D eigenvalue weighted by Crippen LogP contribution is -2.29. The van der Waals surface area contributed by atoms with E-state index in [1.165, 1.54) is 18.2 Å². The molecule has 2 aliphatic rings. The summed E-state index contributed by atoms with van der Waals surface area (Å²) in [6.07, 6.45) is 0.889. The first-order valence-corrected chi connectivity index (χ1v) is 8.85. The van der Waals surface area contributed by atoms with Gasteiger partial charge in [-0.25, -0.2) is 9.69 Å². The van der Waals surface area contributed by atoms with Crippen molar-refractivity contribution in [2.24, 2.45) is 0 Å². The molecule has 2 amide bonds. The van der Waals surface area contributed by atoms with E-state index in [0.29, 0.717) is 30.0 Å². The molecule has 7 heteroatoms. The normalized spacial score (nSPS) is 18.8. The Hall–Kier alpha value is -2.99. The number of anilines is 1. The van der Waals surface area contributed by atoms with Crippen molar-refractivity contribution in [3.8, 4) is 0 Å². The molecule has 6 nitrogen and oxygen atoms in total. The molecule has 0 aromatic heterocycles. The third-order valence-corrected chi connectivity index (χ3v) is 4.96. The van der Waals surface area contributed by atoms with Crippen LogP contribution in [0.4, 0.5) is 5.69 Å². The average Bonchev–Trinajstić information content (AvgIpc) is 3.17. The fourth-order valence-corrected chi connectivity index (χ4v) is 3.42. The quantitative estimate of drug-likeness (QED) is 0.599. The Bertz CT molecular complexity index is 982. The third-order valence-electron chi connectivity index (χ3n) is 4.70. The van der Waals surface area contributed by atoms with Gasteiger partial charge in [0.05, 0.1) is 22.4 Å². The van der Waals surface area contributed by atoms with Gasteiger partial charge in [-0.15, -0.1) is 0 Å². The van der Waals surface area contributed by atoms with Crippen LogP contribution in [0.2, 0.25) is 5.02 Å². The topological polar surface area (TPSA) is 80.8 Å². The van der Waals surface area contributed by atoms with Crippen LogP contribution in [0.15, 0.2) is 42.5 Å². The van der Waals surface area contributed by atoms with Crippen molar-refractivity contribution in [2.45, 2.75) is 25.4 Å². The SMILES string of the molecule is O=C(O[C@H]1CCCC1=O)c1ccc2c(c1)C(=O)N(c1ccc(Cl)cc1)C2=O. The number of nitrogens with zero attached hydrogens (tertiary/aromatic N) is 1. The highest BCUT2D eigenvalue weighted by Gasteiger charge is 2.37. The van der Waals surface area contributed by atoms with Crippen LogP contribution in [-0.2, 0) is 9.53 Å². The second-order valence-electron chi connectivity index (χ2n) is 6.43. The molecule has 0 saturated heterocycles. The van der Waals surface area contributed by atoms with Crippen molar-refractivity contribution in [1.29, 1.82) is 0 Å². The molecule has 0 radical (unpaired) electrons. The van der Waals surface area contributed by atoms with E-state index in [1.54, 1.807) is 24.3 Å². The zero-order chi connectivity index (χ0) is 19.1. The Morgan fingerprint density at radius 1 is 1.00 bits per heavy atom. The second kappa shape index (κ2) is 6.63. The highest BCUT2D eigenvalue weighted by molar-refractivity contribution is 6.35. The van der Waals surface area contributed by atoms with Crippen LogP contribution in [0.3, 0.4) is 0 Å². The lowest BCUT2D eigenvalue weighted by molar-refractivity contribution is -0.124. The number of hydrogen-bond donors (Lipinski definition) is 0. The fourth-order valence-electron chi connectivity index (χ4n) is 3.30. The number of carbonyl (C=O) groups is 4. The fraction of sp³-hybridized carbons (Fsp3) is 0.200. The number of imide groups is 1. The average molecular weight is 384 g/mol. The molecule has 0 N–H and O–H groups in total. The van der Waals surface area contributed by atoms with Crippen molar-refractivity contribution in [3.63, 3.8) is 0 Å². The molecule has 27 heavy (non-hydrogen) atoms. The maximum atomic E-state index is 12.7. The summed E-state index contributed by atoms with van der Waals surface area (Å²) in [5.74, 6) is -1.76. The van der Waals surface area contributed by atoms with E-state index in [4.69, 9.17) is 16.3 Å². The predicted octanol–water partition coefficient (Wildman–Crippen LogP) is 3.42. The van der Waals surface area contributed by atoms with Gasteiger partial charge in [0, 0.05) is 11.4 Å². The molecular weight excluding hydrogens is 370 g/mol. The number of amides is 2. The summed E-state index contributed by atoms with van der Waals surface area (Å²) in [4.78, 5) is 50.4. The molecule has 1 heterocycles. The molecule has 136 valence electrons. The summed E-state index contributed by atoms with van der Waals surface area (Å²) in [6, 6.07) is 10.5. The summed E-state index contributed by atoms with van der Waals surface area (Å²) in [7, 11) is 0. The van der Waals surface area contributed by atoms with E-state index in [9.17, 15) is 19.2 Å². The highest BCUT2D eigenvalue weighted by Crippen LogP contribution is 2.30. The number of benzene rings is 2. The maximum Gasteiger partial charge on any atom is 0.338 e. The zero-order valence-electron chi connectivity index (χ0n) is 14.1. The van der Waals surface area contributed by atoms with Crippen molar-refractivity contribution < 1.29 is 23.9 Å². The van der Waals surface area contributed by atoms with Gasteiger partial charge in [-0.1, -0.05) is 11.6 Å². The summed E-state index contributed by atoms with van der Waals surface area (Å²) in [5.41, 5.74) is 0.865. The molecular formula is C20H14ClNO5. The van der Waals surface area contributed by atoms with Gasteiger partial charge in [0.15, 0.2) is 11.9 Å². The van der Waals surface area contributed by atoms with Gasteiger partial charge in [0.2, 0.25) is 0 Å². The number of ether oxygens (including phenoxy) is 1. The minimum absolute atomic E-state index is 0.0929. The van der Waals surface area contributed by atoms with Crippen LogP contribution in [0.5, 0.6) is 0 Å². The van der Waals surface area contributed by atoms with Crippen LogP contribution in [0.1, 0.15) is 50.3 Å². The zero-order valence-corrected chi connectivity index (χ0v) is 14.9. The summed E-state index contributed by atoms with van der Waals surface area (Å²) < 4.78 is 5.24. The van der Waals surface area contributed by atoms with Gasteiger partial charge in [-0.3, -0.25) is 14.4 Å². The molecule has 2 aromatic rings. The molecule has 1 aliphatic carbocycles. The Morgan fingerprint density at radius 3 is 2.37 bits per heavy atom. The summed E-state index contributed by atoms with van der Waals surface area (Å²) in [6.45, 7) is 0. The summed E-state index contributed by atoms with van der Waals surface area (Å²) >= 11 is 5.85. The third kappa shape index (κ3) is 3.02. The van der Waals surface area contributed by atoms with Gasteiger partial charge in [-0.2, -0.15) is 0 Å². The van der Waals surface area contributed by atoms with Crippen LogP contribution in [-0.4, -0.2) is 29.7 Å². The van der Waals surface area contributed by atoms with Crippen molar-refractivity contribution >= 4 is 40.9 Å². The smallest absolute Gasteiger partial charge is 0.338 e. The Morgan fingerprint density at radius 2 is 1.70 bits per heavy atom. The number of Topliss-reactive ketones (excluding diaryl/α,β-unsaturated/α-hetero) is 1. The monoisotopic (exact) mass is 383 g/mol. The van der Waals surface area contributed by atoms with E-state index in [0.717, 1.165) is 4.90 Å². The molecule has 4 rings (SSSR count). The van der Waals surface area contributed by atoms with Crippen molar-refractivity contribution in [2.75, 3.05) is 4.90 Å². The van der Waals surface area contributed by atoms with Crippen molar-refractivity contribution in [1.82, 2.24) is 0 Å². The molecule has 2 aromatic carbocycles. The predicted molar refractivity (Wildman–Crippen MR) is 97.1 cm³/mol. The first kappa shape index (κ1) is 17.4. The van der Waals surface area contributed by atoms with Gasteiger partial charge < -0.3 is 4.74 Å². The molecule has 1 atom stereocenters. The number of hydrogen-bond acceptors (Lipinski definition) is 5. The van der Waals surface area contributed by atoms with E-state index in [2.05, 4.69) is 0 Å². The first-order chi connectivity index (χ1) is 13.0. The first-order valence-electron chi connectivity index (χ1n) is 8.48. The summed E-state index contributed by atoms with van der Waals surface area (Å²) in [5, 5.41) is 0.488. The number of carbonyl (C=O) groups excluding carboxylic acids is 4. The van der Waals surface area contributed by atoms with Gasteiger partial charge in [0.25, 0.3) is 11.8 Å². The number of rotatable bonds is 3. The molecule has 0 spiro atoms. The van der Waals surface area contributed by atoms with E-state index in [1.807, 2.05) is 0 Å². The van der Waals surface area contributed by atoms with Crippen LogP contribution >= 0.6 is 11.6 Å². The van der Waals surface area contributed by atoms with Crippen LogP contribution in [0, 0.1) is 0 Å². The van der Waals surface area contributed by atoms with Gasteiger partial charge in [-0.05, 0) is 55.3 Å². The van der Waals surface area contributed by atoms with Crippen LogP contribution < -0.4 is 4.90 Å². The number of ketones is 1. The molecule has 1 fully saturated rings. The second-order valence-corrected chi connectivity index (χ2v) is 6.87. The minimum Gasteiger partial charge on any atom is -0.451 e. The number of esters is 1. The molecule has 1 saturated carbocycles. The Labute approximate surface area is 159 Å². The highest BCUT2D eigenvalue weighted by atomic mass is 35.5. The minimum atomic E-state index is -0.728. The van der Waals surface area contributed by atoms with E-state index < -0.39 is 23.9 Å². The maximum absolute atomic E-state index is 12.7. The Kier molecular flexibility index (Phi) is 4.28. The molecule has 1 aliphatic heterocycles. The molecule has 0 unspecified atom stereocenters. The van der Waals surface area contributed by atoms with Gasteiger partial charge >= 0.3 is 5.97 Å². The molecule has 0 bridgehead atoms. The number of halogens is 1. The number of fused-ring (bicyclic) bond motifs is 1.